The van der Waals surface area contributed by atoms with Crippen molar-refractivity contribution in [2.24, 2.45) is 11.5 Å². The van der Waals surface area contributed by atoms with Gasteiger partial charge in [-0.05, 0) is 0 Å². The fourth-order valence-corrected chi connectivity index (χ4v) is 1.53. The van der Waals surface area contributed by atoms with E-state index in [2.05, 4.69) is 0 Å². The minimum atomic E-state index is 0.0587. The summed E-state index contributed by atoms with van der Waals surface area (Å²) in [6.07, 6.45) is 0. The molecule has 0 saturated carbocycles. The van der Waals surface area contributed by atoms with Gasteiger partial charge in [0.25, 0.3) is 0 Å². The second-order valence-electron chi connectivity index (χ2n) is 3.00. The largest absolute Gasteiger partial charge is 0.507 e. The van der Waals surface area contributed by atoms with Crippen molar-refractivity contribution < 1.29 is 14.6 Å². The van der Waals surface area contributed by atoms with Crippen LogP contribution in [0.5, 0.6) is 17.2 Å². The van der Waals surface area contributed by atoms with Gasteiger partial charge in [0.15, 0.2) is 0 Å². The van der Waals surface area contributed by atoms with E-state index in [1.54, 1.807) is 0 Å². The molecule has 5 nitrogen and oxygen atoms in total. The van der Waals surface area contributed by atoms with Gasteiger partial charge in [0.1, 0.15) is 17.2 Å². The van der Waals surface area contributed by atoms with Crippen molar-refractivity contribution in [2.75, 3.05) is 14.2 Å². The normalized spacial score (nSPS) is 10.1. The number of benzene rings is 1. The van der Waals surface area contributed by atoms with E-state index in [1.165, 1.54) is 20.3 Å². The molecule has 0 spiro atoms. The number of methoxy groups -OCH3 is 2. The molecular formula is C10H16N2O3. The van der Waals surface area contributed by atoms with Crippen molar-refractivity contribution in [3.63, 3.8) is 0 Å². The maximum Gasteiger partial charge on any atom is 0.135 e. The van der Waals surface area contributed by atoms with Gasteiger partial charge in [-0.25, -0.2) is 0 Å². The number of ether oxygens (including phenoxy) is 2. The van der Waals surface area contributed by atoms with Gasteiger partial charge in [-0.3, -0.25) is 0 Å². The number of aromatic hydroxyl groups is 1. The second kappa shape index (κ2) is 4.86. The van der Waals surface area contributed by atoms with Crippen LogP contribution in [-0.2, 0) is 13.1 Å². The number of phenols is 1. The maximum absolute atomic E-state index is 9.67. The van der Waals surface area contributed by atoms with Crippen LogP contribution >= 0.6 is 0 Å². The molecule has 1 aromatic carbocycles. The number of hydrogen-bond acceptors (Lipinski definition) is 5. The maximum atomic E-state index is 9.67. The van der Waals surface area contributed by atoms with Crippen molar-refractivity contribution in [1.82, 2.24) is 0 Å². The topological polar surface area (TPSA) is 90.7 Å². The monoisotopic (exact) mass is 212 g/mol. The summed E-state index contributed by atoms with van der Waals surface area (Å²) in [4.78, 5) is 0. The molecule has 5 heteroatoms. The minimum Gasteiger partial charge on any atom is -0.507 e. The smallest absolute Gasteiger partial charge is 0.135 e. The molecule has 0 aliphatic carbocycles. The van der Waals surface area contributed by atoms with E-state index in [4.69, 9.17) is 20.9 Å². The van der Waals surface area contributed by atoms with Crippen molar-refractivity contribution in [2.45, 2.75) is 13.1 Å². The molecule has 0 aliphatic heterocycles. The Morgan fingerprint density at radius 1 is 1.13 bits per heavy atom. The predicted molar refractivity (Wildman–Crippen MR) is 57.0 cm³/mol. The molecule has 0 unspecified atom stereocenters. The molecule has 0 fully saturated rings. The SMILES string of the molecule is COc1cc(O)c(CN)c(OC)c1CN. The molecule has 5 N–H and O–H groups in total. The van der Waals surface area contributed by atoms with Crippen LogP contribution in [0.15, 0.2) is 6.07 Å². The zero-order chi connectivity index (χ0) is 11.4. The summed E-state index contributed by atoms with van der Waals surface area (Å²) < 4.78 is 10.3. The van der Waals surface area contributed by atoms with Gasteiger partial charge >= 0.3 is 0 Å². The summed E-state index contributed by atoms with van der Waals surface area (Å²) in [5, 5.41) is 9.67. The van der Waals surface area contributed by atoms with Crippen LogP contribution < -0.4 is 20.9 Å². The first-order valence-corrected chi connectivity index (χ1v) is 4.55. The second-order valence-corrected chi connectivity index (χ2v) is 3.00. The van der Waals surface area contributed by atoms with Crippen molar-refractivity contribution in [1.29, 1.82) is 0 Å². The van der Waals surface area contributed by atoms with Crippen LogP contribution in [-0.4, -0.2) is 19.3 Å². The van der Waals surface area contributed by atoms with Gasteiger partial charge in [-0.2, -0.15) is 0 Å². The van der Waals surface area contributed by atoms with Gasteiger partial charge in [-0.15, -0.1) is 0 Å². The standard InChI is InChI=1S/C10H16N2O3/c1-14-9-3-8(13)6(4-11)10(15-2)7(9)5-12/h3,13H,4-5,11-12H2,1-2H3. The average Bonchev–Trinajstić information content (AvgIpc) is 2.27. The molecule has 0 radical (unpaired) electrons. The Labute approximate surface area is 88.6 Å². The fourth-order valence-electron chi connectivity index (χ4n) is 1.53. The first kappa shape index (κ1) is 11.6. The van der Waals surface area contributed by atoms with Gasteiger partial charge in [0.2, 0.25) is 0 Å². The van der Waals surface area contributed by atoms with Crippen LogP contribution in [0.25, 0.3) is 0 Å². The third-order valence-electron chi connectivity index (χ3n) is 2.25. The van der Waals surface area contributed by atoms with Crippen LogP contribution in [0.1, 0.15) is 11.1 Å². The average molecular weight is 212 g/mol. The number of phenolic OH excluding ortho intramolecular Hbond substituents is 1. The molecular weight excluding hydrogens is 196 g/mol. The summed E-state index contributed by atoms with van der Waals surface area (Å²) in [5.74, 6) is 1.06. The Kier molecular flexibility index (Phi) is 3.76. The molecule has 0 saturated heterocycles. The lowest BCUT2D eigenvalue weighted by molar-refractivity contribution is 0.371. The molecule has 0 aromatic heterocycles. The summed E-state index contributed by atoms with van der Waals surface area (Å²) >= 11 is 0. The molecule has 15 heavy (non-hydrogen) atoms. The first-order chi connectivity index (χ1) is 7.19. The Bertz CT molecular complexity index is 353. The number of nitrogens with two attached hydrogens (primary N) is 2. The van der Waals surface area contributed by atoms with E-state index in [0.29, 0.717) is 22.6 Å². The lowest BCUT2D eigenvalue weighted by Crippen LogP contribution is -2.08. The minimum absolute atomic E-state index is 0.0587. The van der Waals surface area contributed by atoms with Crippen molar-refractivity contribution in [3.05, 3.63) is 17.2 Å². The molecule has 0 aliphatic rings. The Balaban J connectivity index is 3.44. The van der Waals surface area contributed by atoms with E-state index in [1.807, 2.05) is 0 Å². The van der Waals surface area contributed by atoms with Crippen LogP contribution in [0.3, 0.4) is 0 Å². The van der Waals surface area contributed by atoms with Crippen molar-refractivity contribution in [3.8, 4) is 17.2 Å². The van der Waals surface area contributed by atoms with E-state index < -0.39 is 0 Å². The Hall–Kier alpha value is -1.46. The molecule has 1 rings (SSSR count). The quantitative estimate of drug-likeness (QED) is 0.669. The van der Waals surface area contributed by atoms with Crippen LogP contribution in [0.2, 0.25) is 0 Å². The molecule has 84 valence electrons. The lowest BCUT2D eigenvalue weighted by Gasteiger charge is -2.16. The molecule has 0 amide bonds. The summed E-state index contributed by atoms with van der Waals surface area (Å²) in [5.41, 5.74) is 12.4. The van der Waals surface area contributed by atoms with Crippen LogP contribution in [0.4, 0.5) is 0 Å². The first-order valence-electron chi connectivity index (χ1n) is 4.55. The van der Waals surface area contributed by atoms with E-state index in [-0.39, 0.29) is 18.8 Å². The summed E-state index contributed by atoms with van der Waals surface area (Å²) in [7, 11) is 3.02. The van der Waals surface area contributed by atoms with Crippen molar-refractivity contribution >= 4 is 0 Å². The highest BCUT2D eigenvalue weighted by Gasteiger charge is 2.17. The molecule has 0 atom stereocenters. The van der Waals surface area contributed by atoms with Gasteiger partial charge in [-0.1, -0.05) is 0 Å². The Morgan fingerprint density at radius 3 is 2.13 bits per heavy atom. The van der Waals surface area contributed by atoms with Gasteiger partial charge < -0.3 is 26.0 Å². The molecule has 1 aromatic rings. The van der Waals surface area contributed by atoms with Gasteiger partial charge in [0, 0.05) is 19.2 Å². The van der Waals surface area contributed by atoms with E-state index >= 15 is 0 Å². The van der Waals surface area contributed by atoms with E-state index in [9.17, 15) is 5.11 Å². The summed E-state index contributed by atoms with van der Waals surface area (Å²) in [6.45, 7) is 0.450. The Morgan fingerprint density at radius 2 is 1.73 bits per heavy atom. The zero-order valence-corrected chi connectivity index (χ0v) is 8.91. The third kappa shape index (κ3) is 1.98. The summed E-state index contributed by atoms with van der Waals surface area (Å²) in [6, 6.07) is 1.49. The third-order valence-corrected chi connectivity index (χ3v) is 2.25. The highest BCUT2D eigenvalue weighted by atomic mass is 16.5. The molecule has 0 bridgehead atoms. The zero-order valence-electron chi connectivity index (χ0n) is 8.91. The highest BCUT2D eigenvalue weighted by molar-refractivity contribution is 5.56. The number of hydrogen-bond donors (Lipinski definition) is 3. The highest BCUT2D eigenvalue weighted by Crippen LogP contribution is 2.37. The fraction of sp³-hybridized carbons (Fsp3) is 0.400. The lowest BCUT2D eigenvalue weighted by atomic mass is 10.1. The number of rotatable bonds is 4. The van der Waals surface area contributed by atoms with E-state index in [0.717, 1.165) is 0 Å². The van der Waals surface area contributed by atoms with Crippen LogP contribution in [0, 0.1) is 0 Å². The molecule has 0 heterocycles. The predicted octanol–water partition coefficient (Wildman–Crippen LogP) is 0.327. The van der Waals surface area contributed by atoms with Gasteiger partial charge in [0.05, 0.1) is 25.3 Å².